The van der Waals surface area contributed by atoms with E-state index in [0.717, 1.165) is 5.56 Å². The van der Waals surface area contributed by atoms with Gasteiger partial charge in [-0.3, -0.25) is 9.11 Å². The smallest absolute Gasteiger partial charge is 0.411 e. The normalized spacial score (nSPS) is 21.4. The number of rotatable bonds is 3. The molecule has 2 unspecified atom stereocenters. The molecule has 1 aromatic rings. The van der Waals surface area contributed by atoms with E-state index in [1.165, 1.54) is 0 Å². The van der Waals surface area contributed by atoms with Crippen LogP contribution in [-0.2, 0) is 22.1 Å². The zero-order valence-electron chi connectivity index (χ0n) is 12.9. The highest BCUT2D eigenvalue weighted by atomic mass is 79.9. The van der Waals surface area contributed by atoms with Crippen LogP contribution < -0.4 is 0 Å². The molecule has 22 heavy (non-hydrogen) atoms. The summed E-state index contributed by atoms with van der Waals surface area (Å²) in [5.74, 6) is 0.395. The minimum Gasteiger partial charge on any atom is -0.444 e. The monoisotopic (exact) mass is 385 g/mol. The summed E-state index contributed by atoms with van der Waals surface area (Å²) in [6.07, 6.45) is 1.43. The van der Waals surface area contributed by atoms with Crippen molar-refractivity contribution in [1.29, 1.82) is 0 Å². The van der Waals surface area contributed by atoms with E-state index in [2.05, 4.69) is 15.9 Å². The third kappa shape index (κ3) is 4.68. The van der Waals surface area contributed by atoms with E-state index in [1.807, 2.05) is 57.2 Å². The van der Waals surface area contributed by atoms with Crippen LogP contribution in [0.15, 0.2) is 40.2 Å². The van der Waals surface area contributed by atoms with Crippen LogP contribution in [0, 0.1) is 0 Å². The number of hydrogen-bond acceptors (Lipinski definition) is 3. The largest absolute Gasteiger partial charge is 0.444 e. The lowest BCUT2D eigenvalue weighted by molar-refractivity contribution is 0.0198. The van der Waals surface area contributed by atoms with Crippen molar-refractivity contribution in [3.05, 3.63) is 45.8 Å². The van der Waals surface area contributed by atoms with Gasteiger partial charge in [-0.15, -0.1) is 0 Å². The Balaban J connectivity index is 2.21. The van der Waals surface area contributed by atoms with Crippen molar-refractivity contribution in [2.45, 2.75) is 39.0 Å². The van der Waals surface area contributed by atoms with E-state index < -0.39 is 22.5 Å². The summed E-state index contributed by atoms with van der Waals surface area (Å²) in [7, 11) is -1.09. The summed E-state index contributed by atoms with van der Waals surface area (Å²) >= 11 is 3.29. The highest BCUT2D eigenvalue weighted by Crippen LogP contribution is 2.26. The van der Waals surface area contributed by atoms with Crippen LogP contribution in [0.4, 0.5) is 4.79 Å². The highest BCUT2D eigenvalue weighted by molar-refractivity contribution is 9.13. The van der Waals surface area contributed by atoms with Crippen molar-refractivity contribution in [3.8, 4) is 0 Å². The zero-order valence-corrected chi connectivity index (χ0v) is 15.3. The molecule has 0 spiro atoms. The molecule has 2 rings (SSSR count). The van der Waals surface area contributed by atoms with Gasteiger partial charge in [-0.05, 0) is 48.3 Å². The van der Waals surface area contributed by atoms with Gasteiger partial charge in [0.2, 0.25) is 0 Å². The molecule has 1 aliphatic heterocycles. The number of benzene rings is 1. The lowest BCUT2D eigenvalue weighted by Gasteiger charge is -2.30. The number of carbonyl (C=O) groups excluding carboxylic acids is 1. The maximum absolute atomic E-state index is 12.5. The Morgan fingerprint density at radius 2 is 2.00 bits per heavy atom. The van der Waals surface area contributed by atoms with Gasteiger partial charge in [-0.1, -0.05) is 30.3 Å². The van der Waals surface area contributed by atoms with Gasteiger partial charge in [-0.25, -0.2) is 4.79 Å². The lowest BCUT2D eigenvalue weighted by Crippen LogP contribution is -2.43. The molecule has 0 saturated carbocycles. The fourth-order valence-corrected chi connectivity index (χ4v) is 3.86. The van der Waals surface area contributed by atoms with Crippen LogP contribution in [0.1, 0.15) is 26.3 Å². The van der Waals surface area contributed by atoms with Crippen LogP contribution in [0.2, 0.25) is 0 Å². The van der Waals surface area contributed by atoms with Crippen molar-refractivity contribution in [2.75, 3.05) is 5.75 Å². The third-order valence-electron chi connectivity index (χ3n) is 3.09. The summed E-state index contributed by atoms with van der Waals surface area (Å²) in [5.41, 5.74) is 0.445. The van der Waals surface area contributed by atoms with Gasteiger partial charge in [0.15, 0.2) is 0 Å². The maximum atomic E-state index is 12.5. The molecule has 1 aliphatic rings. The third-order valence-corrected chi connectivity index (χ3v) is 5.65. The zero-order chi connectivity index (χ0) is 16.3. The maximum Gasteiger partial charge on any atom is 0.411 e. The van der Waals surface area contributed by atoms with Crippen LogP contribution in [0.25, 0.3) is 0 Å². The van der Waals surface area contributed by atoms with Crippen LogP contribution in [0.5, 0.6) is 0 Å². The van der Waals surface area contributed by atoms with Crippen molar-refractivity contribution in [1.82, 2.24) is 4.90 Å². The quantitative estimate of drug-likeness (QED) is 0.794. The fraction of sp³-hybridized carbons (Fsp3) is 0.438. The first-order valence-electron chi connectivity index (χ1n) is 7.05. The molecular formula is C16H20BrNO3S. The Kier molecular flexibility index (Phi) is 5.45. The molecular weight excluding hydrogens is 366 g/mol. The van der Waals surface area contributed by atoms with Gasteiger partial charge in [0.25, 0.3) is 0 Å². The van der Waals surface area contributed by atoms with Crippen LogP contribution >= 0.6 is 15.9 Å². The van der Waals surface area contributed by atoms with Crippen LogP contribution in [-0.4, -0.2) is 32.6 Å². The van der Waals surface area contributed by atoms with Crippen LogP contribution in [0.3, 0.4) is 0 Å². The number of ether oxygens (including phenoxy) is 1. The Morgan fingerprint density at radius 3 is 2.50 bits per heavy atom. The number of halogens is 1. The molecule has 120 valence electrons. The fourth-order valence-electron chi connectivity index (χ4n) is 2.11. The molecule has 0 saturated heterocycles. The average molecular weight is 386 g/mol. The molecule has 0 fully saturated rings. The second-order valence-corrected chi connectivity index (χ2v) is 8.99. The lowest BCUT2D eigenvalue weighted by atomic mass is 10.2. The van der Waals surface area contributed by atoms with E-state index >= 15 is 0 Å². The molecule has 1 aromatic carbocycles. The Bertz CT molecular complexity index is 595. The number of carbonyl (C=O) groups is 1. The first-order chi connectivity index (χ1) is 10.3. The van der Waals surface area contributed by atoms with Crippen molar-refractivity contribution in [2.24, 2.45) is 0 Å². The Morgan fingerprint density at radius 1 is 1.36 bits per heavy atom. The molecule has 0 N–H and O–H groups in total. The summed E-state index contributed by atoms with van der Waals surface area (Å²) in [5, 5.41) is 0. The van der Waals surface area contributed by atoms with E-state index in [0.29, 0.717) is 16.1 Å². The molecule has 0 aromatic heterocycles. The first kappa shape index (κ1) is 17.2. The van der Waals surface area contributed by atoms with Gasteiger partial charge in [-0.2, -0.15) is 0 Å². The van der Waals surface area contributed by atoms with Crippen molar-refractivity contribution < 1.29 is 13.7 Å². The second-order valence-electron chi connectivity index (χ2n) is 6.14. The molecule has 0 aliphatic carbocycles. The van der Waals surface area contributed by atoms with Gasteiger partial charge in [0.05, 0.1) is 26.4 Å². The average Bonchev–Trinajstić information content (AvgIpc) is 2.75. The Labute approximate surface area is 142 Å². The Hall–Kier alpha value is -1.14. The van der Waals surface area contributed by atoms with Crippen molar-refractivity contribution >= 4 is 32.8 Å². The first-order valence-corrected chi connectivity index (χ1v) is 9.17. The van der Waals surface area contributed by atoms with Gasteiger partial charge >= 0.3 is 6.09 Å². The summed E-state index contributed by atoms with van der Waals surface area (Å²) in [6.45, 7) is 5.94. The summed E-state index contributed by atoms with van der Waals surface area (Å²) < 4.78 is 18.0. The SMILES string of the molecule is CC(C)(C)OC(=O)N(Cc1ccccc1)C1C=C(Br)S(=O)C1. The minimum absolute atomic E-state index is 0.231. The predicted octanol–water partition coefficient (Wildman–Crippen LogP) is 3.79. The van der Waals surface area contributed by atoms with E-state index in [1.54, 1.807) is 4.90 Å². The van der Waals surface area contributed by atoms with E-state index in [4.69, 9.17) is 4.74 Å². The van der Waals surface area contributed by atoms with Gasteiger partial charge < -0.3 is 4.74 Å². The number of amides is 1. The number of hydrogen-bond donors (Lipinski definition) is 0. The molecule has 1 heterocycles. The van der Waals surface area contributed by atoms with Gasteiger partial charge in [0.1, 0.15) is 5.60 Å². The summed E-state index contributed by atoms with van der Waals surface area (Å²) in [6, 6.07) is 9.49. The number of nitrogens with zero attached hydrogens (tertiary/aromatic N) is 1. The molecule has 6 heteroatoms. The van der Waals surface area contributed by atoms with E-state index in [-0.39, 0.29) is 6.04 Å². The second kappa shape index (κ2) is 6.96. The minimum atomic E-state index is -1.09. The van der Waals surface area contributed by atoms with E-state index in [9.17, 15) is 9.00 Å². The molecule has 0 radical (unpaired) electrons. The highest BCUT2D eigenvalue weighted by Gasteiger charge is 2.32. The summed E-state index contributed by atoms with van der Waals surface area (Å²) in [4.78, 5) is 14.2. The predicted molar refractivity (Wildman–Crippen MR) is 92.0 cm³/mol. The molecule has 4 nitrogen and oxygen atoms in total. The standard InChI is InChI=1S/C16H20BrNO3S/c1-16(2,3)21-15(19)18(10-12-7-5-4-6-8-12)13-9-14(17)22(20)11-13/h4-9,13H,10-11H2,1-3H3. The van der Waals surface area contributed by atoms with Crippen molar-refractivity contribution in [3.63, 3.8) is 0 Å². The van der Waals surface area contributed by atoms with Gasteiger partial charge in [0, 0.05) is 6.54 Å². The molecule has 2 atom stereocenters. The topological polar surface area (TPSA) is 46.6 Å². The molecule has 0 bridgehead atoms. The molecule has 1 amide bonds.